The number of nitrogens with one attached hydrogen (secondary N) is 4. The predicted molar refractivity (Wildman–Crippen MR) is 247 cm³/mol. The van der Waals surface area contributed by atoms with Crippen LogP contribution in [-0.4, -0.2) is 79.8 Å². The molecule has 8 rings (SSSR count). The third-order valence-corrected chi connectivity index (χ3v) is 13.5. The number of aromatic nitrogens is 2. The number of carbonyl (C=O) groups excluding carboxylic acids is 7. The lowest BCUT2D eigenvalue weighted by Gasteiger charge is -2.31. The lowest BCUT2D eigenvalue weighted by molar-refractivity contribution is -0.172. The van der Waals surface area contributed by atoms with Crippen LogP contribution in [0.3, 0.4) is 0 Å². The van der Waals surface area contributed by atoms with Crippen molar-refractivity contribution in [1.82, 2.24) is 30.4 Å². The van der Waals surface area contributed by atoms with Crippen molar-refractivity contribution in [3.63, 3.8) is 0 Å². The summed E-state index contributed by atoms with van der Waals surface area (Å²) in [6.07, 6.45) is 4.31. The van der Waals surface area contributed by atoms with Crippen LogP contribution >= 0.6 is 0 Å². The molecule has 0 bridgehead atoms. The largest absolute Gasteiger partial charge is 0.458 e. The number of hydrogen-bond acceptors (Lipinski definition) is 12. The van der Waals surface area contributed by atoms with Crippen LogP contribution < -0.4 is 26.8 Å². The third-order valence-electron chi connectivity index (χ3n) is 13.5. The Morgan fingerprint density at radius 3 is 2.38 bits per heavy atom. The van der Waals surface area contributed by atoms with E-state index in [4.69, 9.17) is 14.5 Å². The van der Waals surface area contributed by atoms with Crippen LogP contribution in [0, 0.1) is 18.7 Å². The Kier molecular flexibility index (Phi) is 13.5. The van der Waals surface area contributed by atoms with Gasteiger partial charge < -0.3 is 40.4 Å². The summed E-state index contributed by atoms with van der Waals surface area (Å²) in [5.41, 5.74) is 2.48. The van der Waals surface area contributed by atoms with E-state index in [-0.39, 0.29) is 73.9 Å². The van der Waals surface area contributed by atoms with Crippen molar-refractivity contribution in [2.45, 2.75) is 123 Å². The number of fused-ring (bicyclic) bond motifs is 5. The average Bonchev–Trinajstić information content (AvgIpc) is 3.85. The smallest absolute Gasteiger partial charge is 0.407 e. The zero-order valence-electron chi connectivity index (χ0n) is 39.0. The van der Waals surface area contributed by atoms with E-state index < -0.39 is 59.0 Å². The molecule has 2 aromatic heterocycles. The maximum atomic E-state index is 15.4. The fourth-order valence-corrected chi connectivity index (χ4v) is 9.50. The van der Waals surface area contributed by atoms with Crippen LogP contribution in [0.4, 0.5) is 14.9 Å². The minimum Gasteiger partial charge on any atom is -0.458 e. The molecule has 1 aliphatic carbocycles. The second-order valence-electron chi connectivity index (χ2n) is 18.3. The number of halogens is 1. The van der Waals surface area contributed by atoms with Crippen LogP contribution in [0.1, 0.15) is 111 Å². The Labute approximate surface area is 396 Å². The van der Waals surface area contributed by atoms with Crippen molar-refractivity contribution in [3.05, 3.63) is 104 Å². The molecule has 4 atom stereocenters. The topological polar surface area (TPSA) is 244 Å². The molecular weight excluding hydrogens is 894 g/mol. The van der Waals surface area contributed by atoms with Crippen molar-refractivity contribution in [2.75, 3.05) is 11.9 Å². The van der Waals surface area contributed by atoms with Crippen molar-refractivity contribution < 1.29 is 52.5 Å². The summed E-state index contributed by atoms with van der Waals surface area (Å²) in [5.74, 6) is -3.64. The highest BCUT2D eigenvalue weighted by molar-refractivity contribution is 6.12. The molecule has 0 radical (unpaired) electrons. The molecule has 4 aliphatic rings. The number of benzene rings is 2. The lowest BCUT2D eigenvalue weighted by Crippen LogP contribution is -2.53. The van der Waals surface area contributed by atoms with Gasteiger partial charge in [0.1, 0.15) is 31.1 Å². The van der Waals surface area contributed by atoms with Gasteiger partial charge in [0, 0.05) is 53.4 Å². The number of ether oxygens (including phenoxy) is 2. The number of carbonyl (C=O) groups is 7. The molecule has 0 spiro atoms. The number of pyridine rings is 2. The first kappa shape index (κ1) is 48.2. The van der Waals surface area contributed by atoms with Gasteiger partial charge in [-0.3, -0.25) is 33.7 Å². The maximum absolute atomic E-state index is 15.4. The first-order valence-corrected chi connectivity index (χ1v) is 23.2. The minimum atomic E-state index is -2.03. The molecule has 5 N–H and O–H groups in total. The number of aliphatic hydroxyl groups is 1. The number of nitrogens with zero attached hydrogens (tertiary/aromatic N) is 3. The highest BCUT2D eigenvalue weighted by Crippen LogP contribution is 2.46. The second-order valence-corrected chi connectivity index (χ2v) is 18.3. The Morgan fingerprint density at radius 2 is 1.68 bits per heavy atom. The number of unbranched alkanes of at least 4 members (excludes halogenated alkanes) is 2. The minimum absolute atomic E-state index is 0.0291. The van der Waals surface area contributed by atoms with Gasteiger partial charge in [0.2, 0.25) is 17.7 Å². The van der Waals surface area contributed by atoms with E-state index in [2.05, 4.69) is 21.3 Å². The number of amides is 6. The number of rotatable bonds is 16. The van der Waals surface area contributed by atoms with Gasteiger partial charge in [0.25, 0.3) is 17.4 Å². The molecule has 4 aromatic rings. The molecule has 4 unspecified atom stereocenters. The zero-order valence-corrected chi connectivity index (χ0v) is 39.0. The van der Waals surface area contributed by atoms with Crippen LogP contribution in [0.2, 0.25) is 0 Å². The van der Waals surface area contributed by atoms with Gasteiger partial charge in [0.15, 0.2) is 5.60 Å². The van der Waals surface area contributed by atoms with E-state index in [9.17, 15) is 43.5 Å². The first-order valence-electron chi connectivity index (χ1n) is 23.2. The second kappa shape index (κ2) is 19.4. The summed E-state index contributed by atoms with van der Waals surface area (Å²) >= 11 is 0. The molecular formula is C50H54FN7O11. The molecule has 0 saturated heterocycles. The van der Waals surface area contributed by atoms with Gasteiger partial charge in [-0.05, 0) is 92.3 Å². The number of aryl methyl sites for hydroxylation is 1. The fourth-order valence-electron chi connectivity index (χ4n) is 9.50. The van der Waals surface area contributed by atoms with E-state index in [1.165, 1.54) is 29.7 Å². The molecule has 69 heavy (non-hydrogen) atoms. The van der Waals surface area contributed by atoms with Gasteiger partial charge in [-0.15, -0.1) is 0 Å². The van der Waals surface area contributed by atoms with Gasteiger partial charge in [-0.25, -0.2) is 19.0 Å². The molecule has 5 heterocycles. The van der Waals surface area contributed by atoms with E-state index in [0.717, 1.165) is 10.5 Å². The number of anilines is 1. The quantitative estimate of drug-likeness (QED) is 0.0522. The van der Waals surface area contributed by atoms with E-state index in [1.54, 1.807) is 58.0 Å². The molecule has 3 aliphatic heterocycles. The van der Waals surface area contributed by atoms with E-state index in [0.29, 0.717) is 82.3 Å². The Balaban J connectivity index is 0.867. The molecule has 18 nitrogen and oxygen atoms in total. The summed E-state index contributed by atoms with van der Waals surface area (Å²) in [6.45, 7) is 8.31. The van der Waals surface area contributed by atoms with Crippen molar-refractivity contribution >= 4 is 58.2 Å². The number of alkyl carbamates (subject to hydrolysis) is 1. The summed E-state index contributed by atoms with van der Waals surface area (Å²) in [7, 11) is 0. The first-order chi connectivity index (χ1) is 32.9. The third kappa shape index (κ3) is 9.34. The van der Waals surface area contributed by atoms with E-state index in [1.807, 2.05) is 0 Å². The number of esters is 1. The molecule has 6 amide bonds. The summed E-state index contributed by atoms with van der Waals surface area (Å²) in [6, 6.07) is 7.03. The summed E-state index contributed by atoms with van der Waals surface area (Å²) < 4.78 is 27.7. The van der Waals surface area contributed by atoms with E-state index >= 15 is 4.39 Å². The Bertz CT molecular complexity index is 2890. The molecule has 362 valence electrons. The standard InChI is InChI=1S/C50H54FN7O11/c1-6-50(67)33-20-37-44-31(22-58(37)47(64)32(33)24-68-48(50)65)42-35(16-15-30-26(4)34(51)21-36(54-44)41(30)42)55-49(66)69-23-28-11-13-29(14-12-28)53-45(62)27(5)52-46(63)43(25(2)3)56-38(59)10-8-7-9-19-57-39(60)17-18-40(57)61/h11-14,17-18,20-21,25,27,35,43,67H,6-10,15-16,19,22-24H2,1-5H3,(H,52,63)(H,53,62)(H,55,66)(H,56,59). The summed E-state index contributed by atoms with van der Waals surface area (Å²) in [5, 5.41) is 23.2. The maximum Gasteiger partial charge on any atom is 0.407 e. The Hall–Kier alpha value is -7.28. The van der Waals surface area contributed by atoms with Crippen LogP contribution in [0.25, 0.3) is 22.3 Å². The lowest BCUT2D eigenvalue weighted by atomic mass is 9.81. The number of cyclic esters (lactones) is 1. The van der Waals surface area contributed by atoms with Crippen molar-refractivity contribution in [2.24, 2.45) is 5.92 Å². The normalized spacial score (nSPS) is 18.6. The SMILES string of the molecule is CCC1(O)C(=O)OCc2c1cc1n(c2=O)Cc2c-1nc1cc(F)c(C)c3c1c2C(NC(=O)OCc1ccc(NC(=O)C(C)NC(=O)C(NC(=O)CCCCCN2C(=O)C=CC2=O)C(C)C)cc1)CC3. The predicted octanol–water partition coefficient (Wildman–Crippen LogP) is 4.51. The average molecular weight is 948 g/mol. The highest BCUT2D eigenvalue weighted by atomic mass is 19.1. The highest BCUT2D eigenvalue weighted by Gasteiger charge is 2.46. The molecule has 2 aromatic carbocycles. The summed E-state index contributed by atoms with van der Waals surface area (Å²) in [4.78, 5) is 109. The van der Waals surface area contributed by atoms with Gasteiger partial charge in [-0.2, -0.15) is 0 Å². The van der Waals surface area contributed by atoms with Gasteiger partial charge in [-0.1, -0.05) is 39.3 Å². The van der Waals surface area contributed by atoms with Gasteiger partial charge in [0.05, 0.1) is 35.1 Å². The Morgan fingerprint density at radius 1 is 0.957 bits per heavy atom. The number of hydrogen-bond donors (Lipinski definition) is 5. The van der Waals surface area contributed by atoms with Crippen molar-refractivity contribution in [3.8, 4) is 11.4 Å². The molecule has 0 saturated carbocycles. The molecule has 0 fully saturated rings. The zero-order chi connectivity index (χ0) is 49.5. The van der Waals surface area contributed by atoms with Crippen LogP contribution in [0.5, 0.6) is 0 Å². The molecule has 19 heteroatoms. The van der Waals surface area contributed by atoms with Gasteiger partial charge >= 0.3 is 12.1 Å². The monoisotopic (exact) mass is 947 g/mol. The van der Waals surface area contributed by atoms with Crippen molar-refractivity contribution in [1.29, 1.82) is 0 Å². The van der Waals surface area contributed by atoms with Crippen LogP contribution in [-0.2, 0) is 70.0 Å². The number of imide groups is 1. The fraction of sp³-hybridized carbons (Fsp3) is 0.420. The van der Waals surface area contributed by atoms with Crippen LogP contribution in [0.15, 0.2) is 53.3 Å².